The highest BCUT2D eigenvalue weighted by Gasteiger charge is 2.04. The van der Waals surface area contributed by atoms with Crippen molar-refractivity contribution in [2.45, 2.75) is 0 Å². The Labute approximate surface area is 132 Å². The van der Waals surface area contributed by atoms with Crippen molar-refractivity contribution in [2.24, 2.45) is 0 Å². The predicted molar refractivity (Wildman–Crippen MR) is 94.6 cm³/mol. The van der Waals surface area contributed by atoms with Crippen LogP contribution in [-0.4, -0.2) is 0 Å². The van der Waals surface area contributed by atoms with E-state index in [1.807, 2.05) is 0 Å². The van der Waals surface area contributed by atoms with Gasteiger partial charge in [0.15, 0.2) is 0 Å². The summed E-state index contributed by atoms with van der Waals surface area (Å²) in [5.74, 6) is 0. The molecule has 4 aromatic carbocycles. The van der Waals surface area contributed by atoms with Crippen LogP contribution >= 0.6 is 15.9 Å². The Balaban J connectivity index is 2.05. The van der Waals surface area contributed by atoms with Gasteiger partial charge in [-0.3, -0.25) is 0 Å². The van der Waals surface area contributed by atoms with Crippen LogP contribution in [0, 0.1) is 0 Å². The van der Waals surface area contributed by atoms with Crippen LogP contribution < -0.4 is 0 Å². The first-order valence-electron chi connectivity index (χ1n) is 6.99. The maximum Gasteiger partial charge on any atom is 0.0181 e. The molecule has 0 fully saturated rings. The summed E-state index contributed by atoms with van der Waals surface area (Å²) in [7, 11) is 0. The number of hydrogen-bond donors (Lipinski definition) is 0. The van der Waals surface area contributed by atoms with Crippen molar-refractivity contribution in [3.63, 3.8) is 0 Å². The molecule has 0 bridgehead atoms. The number of fused-ring (bicyclic) bond motifs is 3. The lowest BCUT2D eigenvalue weighted by molar-refractivity contribution is 1.65. The van der Waals surface area contributed by atoms with Gasteiger partial charge in [0, 0.05) is 4.47 Å². The fourth-order valence-corrected chi connectivity index (χ4v) is 3.19. The van der Waals surface area contributed by atoms with Crippen molar-refractivity contribution in [1.82, 2.24) is 0 Å². The zero-order valence-electron chi connectivity index (χ0n) is 11.4. The van der Waals surface area contributed by atoms with E-state index in [4.69, 9.17) is 0 Å². The summed E-state index contributed by atoms with van der Waals surface area (Å²) in [6.45, 7) is 0. The molecule has 21 heavy (non-hydrogen) atoms. The second kappa shape index (κ2) is 5.01. The van der Waals surface area contributed by atoms with Gasteiger partial charge < -0.3 is 0 Å². The first-order chi connectivity index (χ1) is 10.3. The van der Waals surface area contributed by atoms with Gasteiger partial charge in [0.05, 0.1) is 0 Å². The molecule has 4 rings (SSSR count). The summed E-state index contributed by atoms with van der Waals surface area (Å²) in [5.41, 5.74) is 2.52. The zero-order valence-corrected chi connectivity index (χ0v) is 13.0. The van der Waals surface area contributed by atoms with Gasteiger partial charge in [0.2, 0.25) is 0 Å². The van der Waals surface area contributed by atoms with E-state index in [1.54, 1.807) is 0 Å². The molecule has 0 atom stereocenters. The van der Waals surface area contributed by atoms with Crippen molar-refractivity contribution >= 4 is 37.5 Å². The maximum absolute atomic E-state index is 3.58. The third-order valence-corrected chi connectivity index (χ3v) is 4.40. The summed E-state index contributed by atoms with van der Waals surface area (Å²) < 4.78 is 1.12. The minimum atomic E-state index is 1.12. The van der Waals surface area contributed by atoms with Gasteiger partial charge >= 0.3 is 0 Å². The summed E-state index contributed by atoms with van der Waals surface area (Å²) >= 11 is 3.58. The Morgan fingerprint density at radius 3 is 1.90 bits per heavy atom. The Morgan fingerprint density at radius 2 is 1.14 bits per heavy atom. The summed E-state index contributed by atoms with van der Waals surface area (Å²) in [4.78, 5) is 0. The molecule has 100 valence electrons. The predicted octanol–water partition coefficient (Wildman–Crippen LogP) is 6.42. The average Bonchev–Trinajstić information content (AvgIpc) is 2.55. The lowest BCUT2D eigenvalue weighted by Gasteiger charge is -2.08. The van der Waals surface area contributed by atoms with Gasteiger partial charge in [-0.25, -0.2) is 0 Å². The van der Waals surface area contributed by atoms with Crippen LogP contribution in [0.1, 0.15) is 0 Å². The van der Waals surface area contributed by atoms with E-state index in [0.717, 1.165) is 4.47 Å². The molecule has 0 radical (unpaired) electrons. The minimum absolute atomic E-state index is 1.12. The topological polar surface area (TPSA) is 0 Å². The SMILES string of the molecule is Brc1ccc2ccc3ccc(-c4ccccc4)cc3c2c1. The maximum atomic E-state index is 3.58. The minimum Gasteiger partial charge on any atom is -0.0622 e. The Hall–Kier alpha value is -2.12. The molecule has 0 heterocycles. The largest absolute Gasteiger partial charge is 0.0622 e. The van der Waals surface area contributed by atoms with Crippen LogP contribution in [0.3, 0.4) is 0 Å². The molecule has 1 heteroatoms. The molecule has 0 aliphatic carbocycles. The highest BCUT2D eigenvalue weighted by molar-refractivity contribution is 9.10. The van der Waals surface area contributed by atoms with Crippen LogP contribution in [0.5, 0.6) is 0 Å². The van der Waals surface area contributed by atoms with Crippen molar-refractivity contribution in [1.29, 1.82) is 0 Å². The lowest BCUT2D eigenvalue weighted by Crippen LogP contribution is -1.81. The number of rotatable bonds is 1. The van der Waals surface area contributed by atoms with Crippen molar-refractivity contribution < 1.29 is 0 Å². The fraction of sp³-hybridized carbons (Fsp3) is 0. The van der Waals surface area contributed by atoms with Crippen LogP contribution in [-0.2, 0) is 0 Å². The van der Waals surface area contributed by atoms with Crippen LogP contribution in [0.25, 0.3) is 32.7 Å². The monoisotopic (exact) mass is 332 g/mol. The number of halogens is 1. The van der Waals surface area contributed by atoms with Gasteiger partial charge in [-0.15, -0.1) is 0 Å². The Kier molecular flexibility index (Phi) is 3.01. The van der Waals surface area contributed by atoms with E-state index in [-0.39, 0.29) is 0 Å². The number of benzene rings is 4. The van der Waals surface area contributed by atoms with Gasteiger partial charge in [-0.05, 0) is 50.9 Å². The first-order valence-corrected chi connectivity index (χ1v) is 7.78. The molecule has 0 saturated heterocycles. The van der Waals surface area contributed by atoms with Gasteiger partial charge in [0.1, 0.15) is 0 Å². The van der Waals surface area contributed by atoms with Crippen molar-refractivity contribution in [3.8, 4) is 11.1 Å². The highest BCUT2D eigenvalue weighted by Crippen LogP contribution is 2.31. The van der Waals surface area contributed by atoms with E-state index in [9.17, 15) is 0 Å². The molecule has 0 aromatic heterocycles. The first kappa shape index (κ1) is 12.6. The van der Waals surface area contributed by atoms with E-state index < -0.39 is 0 Å². The summed E-state index contributed by atoms with van der Waals surface area (Å²) in [5, 5.41) is 5.14. The fourth-order valence-electron chi connectivity index (χ4n) is 2.83. The molecule has 0 aliphatic heterocycles. The van der Waals surface area contributed by atoms with E-state index >= 15 is 0 Å². The van der Waals surface area contributed by atoms with Crippen LogP contribution in [0.2, 0.25) is 0 Å². The second-order valence-corrected chi connectivity index (χ2v) is 6.15. The molecular weight excluding hydrogens is 320 g/mol. The Morgan fingerprint density at radius 1 is 0.524 bits per heavy atom. The average molecular weight is 333 g/mol. The molecular formula is C20H13Br. The van der Waals surface area contributed by atoms with Gasteiger partial charge in [-0.1, -0.05) is 76.6 Å². The molecule has 0 amide bonds. The third-order valence-electron chi connectivity index (χ3n) is 3.91. The Bertz CT molecular complexity index is 940. The summed E-state index contributed by atoms with van der Waals surface area (Å²) in [6.07, 6.45) is 0. The van der Waals surface area contributed by atoms with Crippen molar-refractivity contribution in [2.75, 3.05) is 0 Å². The highest BCUT2D eigenvalue weighted by atomic mass is 79.9. The molecule has 0 N–H and O–H groups in total. The van der Waals surface area contributed by atoms with Gasteiger partial charge in [0.25, 0.3) is 0 Å². The van der Waals surface area contributed by atoms with E-state index in [1.165, 1.54) is 32.7 Å². The van der Waals surface area contributed by atoms with Gasteiger partial charge in [-0.2, -0.15) is 0 Å². The standard InChI is InChI=1S/C20H13Br/c21-18-11-10-16-7-6-15-8-9-17(12-19(15)20(16)13-18)14-4-2-1-3-5-14/h1-13H. The second-order valence-electron chi connectivity index (χ2n) is 5.23. The zero-order chi connectivity index (χ0) is 14.2. The molecule has 0 spiro atoms. The van der Waals surface area contributed by atoms with Crippen LogP contribution in [0.4, 0.5) is 0 Å². The molecule has 0 nitrogen and oxygen atoms in total. The number of hydrogen-bond acceptors (Lipinski definition) is 0. The smallest absolute Gasteiger partial charge is 0.0181 e. The van der Waals surface area contributed by atoms with E-state index in [2.05, 4.69) is 94.8 Å². The molecule has 0 aliphatic rings. The molecule has 4 aromatic rings. The lowest BCUT2D eigenvalue weighted by atomic mass is 9.97. The third kappa shape index (κ3) is 2.24. The molecule has 0 unspecified atom stereocenters. The molecule has 0 saturated carbocycles. The normalized spacial score (nSPS) is 11.1. The van der Waals surface area contributed by atoms with Crippen LogP contribution in [0.15, 0.2) is 83.3 Å². The van der Waals surface area contributed by atoms with Crippen molar-refractivity contribution in [3.05, 3.63) is 83.3 Å². The summed E-state index contributed by atoms with van der Waals surface area (Å²) in [6, 6.07) is 28.1. The quantitative estimate of drug-likeness (QED) is 0.352. The van der Waals surface area contributed by atoms with E-state index in [0.29, 0.717) is 0 Å².